The molecule has 0 aliphatic carbocycles. The number of imide groups is 2. The van der Waals surface area contributed by atoms with Gasteiger partial charge in [-0.25, -0.2) is 14.1 Å². The summed E-state index contributed by atoms with van der Waals surface area (Å²) in [5.74, 6) is -1.20. The van der Waals surface area contributed by atoms with E-state index in [1.807, 2.05) is 19.1 Å². The lowest BCUT2D eigenvalue weighted by Gasteiger charge is -2.26. The summed E-state index contributed by atoms with van der Waals surface area (Å²) in [5.41, 5.74) is 1.83. The van der Waals surface area contributed by atoms with Crippen molar-refractivity contribution in [1.82, 2.24) is 5.32 Å². The number of anilines is 1. The number of carbonyl (C=O) groups excluding carboxylic acids is 3. The van der Waals surface area contributed by atoms with E-state index in [2.05, 4.69) is 5.32 Å². The number of aryl methyl sites for hydroxylation is 1. The van der Waals surface area contributed by atoms with Crippen molar-refractivity contribution in [3.05, 3.63) is 83.4 Å². The number of urea groups is 1. The first-order chi connectivity index (χ1) is 14.5. The van der Waals surface area contributed by atoms with E-state index in [9.17, 15) is 18.8 Å². The third-order valence-corrected chi connectivity index (χ3v) is 4.75. The lowest BCUT2D eigenvalue weighted by Crippen LogP contribution is -2.54. The summed E-state index contributed by atoms with van der Waals surface area (Å²) in [6.45, 7) is 2.00. The van der Waals surface area contributed by atoms with Gasteiger partial charge in [0.05, 0.1) is 5.69 Å². The minimum atomic E-state index is -0.808. The van der Waals surface area contributed by atoms with Crippen LogP contribution in [-0.4, -0.2) is 17.8 Å². The third kappa shape index (κ3) is 3.65. The number of benzene rings is 2. The second kappa shape index (κ2) is 7.79. The van der Waals surface area contributed by atoms with Crippen molar-refractivity contribution < 1.29 is 23.2 Å². The van der Waals surface area contributed by atoms with Crippen molar-refractivity contribution in [1.29, 1.82) is 0 Å². The molecule has 30 heavy (non-hydrogen) atoms. The summed E-state index contributed by atoms with van der Waals surface area (Å²) in [7, 11) is 0. The van der Waals surface area contributed by atoms with Gasteiger partial charge in [0.15, 0.2) is 0 Å². The van der Waals surface area contributed by atoms with Crippen LogP contribution in [0.2, 0.25) is 0 Å². The van der Waals surface area contributed by atoms with Crippen LogP contribution in [0.5, 0.6) is 0 Å². The van der Waals surface area contributed by atoms with Gasteiger partial charge in [-0.15, -0.1) is 0 Å². The molecule has 1 fully saturated rings. The number of hydrogen-bond acceptors (Lipinski definition) is 4. The normalized spacial score (nSPS) is 15.6. The molecule has 4 rings (SSSR count). The highest BCUT2D eigenvalue weighted by molar-refractivity contribution is 6.39. The molecule has 1 aliphatic rings. The summed E-state index contributed by atoms with van der Waals surface area (Å²) in [6.07, 6.45) is 2.10. The second-order valence-corrected chi connectivity index (χ2v) is 6.69. The number of hydrogen-bond donors (Lipinski definition) is 1. The zero-order valence-corrected chi connectivity index (χ0v) is 16.0. The van der Waals surface area contributed by atoms with E-state index in [4.69, 9.17) is 4.42 Å². The van der Waals surface area contributed by atoms with Crippen LogP contribution in [0.3, 0.4) is 0 Å². The Kier molecular flexibility index (Phi) is 5.02. The fourth-order valence-corrected chi connectivity index (χ4v) is 3.11. The Bertz CT molecular complexity index is 1160. The number of carbonyl (C=O) groups is 3. The fraction of sp³-hybridized carbons (Fsp3) is 0.0870. The predicted octanol–water partition coefficient (Wildman–Crippen LogP) is 4.31. The van der Waals surface area contributed by atoms with Crippen LogP contribution in [-0.2, 0) is 16.0 Å². The van der Waals surface area contributed by atoms with Crippen molar-refractivity contribution >= 4 is 29.6 Å². The fourth-order valence-electron chi connectivity index (χ4n) is 3.11. The molecule has 1 saturated heterocycles. The molecule has 1 aromatic heterocycles. The smallest absolute Gasteiger partial charge is 0.335 e. The van der Waals surface area contributed by atoms with Crippen LogP contribution in [0.4, 0.5) is 14.9 Å². The Labute approximate surface area is 171 Å². The lowest BCUT2D eigenvalue weighted by molar-refractivity contribution is -0.122. The van der Waals surface area contributed by atoms with Crippen molar-refractivity contribution in [3.8, 4) is 11.3 Å². The molecule has 2 aromatic carbocycles. The molecule has 0 unspecified atom stereocenters. The quantitative estimate of drug-likeness (QED) is 0.519. The molecule has 1 N–H and O–H groups in total. The highest BCUT2D eigenvalue weighted by Gasteiger charge is 2.37. The molecular formula is C23H17FN2O4. The molecule has 3 aromatic rings. The molecule has 0 radical (unpaired) electrons. The summed E-state index contributed by atoms with van der Waals surface area (Å²) < 4.78 is 18.8. The van der Waals surface area contributed by atoms with Crippen LogP contribution in [0.25, 0.3) is 17.4 Å². The van der Waals surface area contributed by atoms with Gasteiger partial charge in [-0.1, -0.05) is 19.1 Å². The minimum Gasteiger partial charge on any atom is -0.457 e. The Morgan fingerprint density at radius 2 is 1.67 bits per heavy atom. The number of nitrogens with one attached hydrogen (secondary N) is 1. The Morgan fingerprint density at radius 3 is 2.33 bits per heavy atom. The maximum atomic E-state index is 13.1. The summed E-state index contributed by atoms with van der Waals surface area (Å²) in [5, 5.41) is 2.18. The van der Waals surface area contributed by atoms with Gasteiger partial charge in [-0.05, 0) is 66.6 Å². The van der Waals surface area contributed by atoms with E-state index in [1.54, 1.807) is 36.4 Å². The van der Waals surface area contributed by atoms with Gasteiger partial charge in [-0.3, -0.25) is 14.9 Å². The van der Waals surface area contributed by atoms with Gasteiger partial charge in [0, 0.05) is 5.56 Å². The number of furan rings is 1. The average molecular weight is 404 g/mol. The van der Waals surface area contributed by atoms with Crippen LogP contribution >= 0.6 is 0 Å². The summed E-state index contributed by atoms with van der Waals surface area (Å²) in [4.78, 5) is 38.4. The summed E-state index contributed by atoms with van der Waals surface area (Å²) in [6, 6.07) is 15.1. The third-order valence-electron chi connectivity index (χ3n) is 4.75. The van der Waals surface area contributed by atoms with Crippen LogP contribution < -0.4 is 10.2 Å². The first-order valence-electron chi connectivity index (χ1n) is 9.32. The first kappa shape index (κ1) is 19.3. The van der Waals surface area contributed by atoms with E-state index < -0.39 is 17.8 Å². The standard InChI is InChI=1S/C23H17FN2O4/c1-2-14-3-9-17(10-4-14)26-22(28)19(21(27)25-23(26)29)13-18-11-12-20(30-18)15-5-7-16(24)8-6-15/h3-13H,2H2,1H3,(H,25,27,29). The SMILES string of the molecule is CCc1ccc(N2C(=O)NC(=O)C(=Cc3ccc(-c4ccc(F)cc4)o3)C2=O)cc1. The molecule has 150 valence electrons. The first-order valence-corrected chi connectivity index (χ1v) is 9.32. The van der Waals surface area contributed by atoms with Crippen molar-refractivity contribution in [2.75, 3.05) is 4.90 Å². The van der Waals surface area contributed by atoms with Gasteiger partial charge in [-0.2, -0.15) is 0 Å². The zero-order valence-electron chi connectivity index (χ0n) is 16.0. The minimum absolute atomic E-state index is 0.228. The van der Waals surface area contributed by atoms with Crippen LogP contribution in [0.1, 0.15) is 18.2 Å². The second-order valence-electron chi connectivity index (χ2n) is 6.69. The van der Waals surface area contributed by atoms with Crippen LogP contribution in [0, 0.1) is 5.82 Å². The molecule has 0 atom stereocenters. The molecule has 4 amide bonds. The monoisotopic (exact) mass is 404 g/mol. The molecule has 0 spiro atoms. The van der Waals surface area contributed by atoms with E-state index in [0.717, 1.165) is 16.9 Å². The molecule has 6 nitrogen and oxygen atoms in total. The molecule has 0 saturated carbocycles. The van der Waals surface area contributed by atoms with Gasteiger partial charge in [0.2, 0.25) is 0 Å². The van der Waals surface area contributed by atoms with E-state index in [1.165, 1.54) is 18.2 Å². The zero-order chi connectivity index (χ0) is 21.3. The Morgan fingerprint density at radius 1 is 0.967 bits per heavy atom. The predicted molar refractivity (Wildman–Crippen MR) is 109 cm³/mol. The molecule has 0 bridgehead atoms. The highest BCUT2D eigenvalue weighted by atomic mass is 19.1. The maximum absolute atomic E-state index is 13.1. The number of barbiturate groups is 1. The number of rotatable bonds is 4. The molecular weight excluding hydrogens is 387 g/mol. The average Bonchev–Trinajstić information content (AvgIpc) is 3.21. The van der Waals surface area contributed by atoms with E-state index in [-0.39, 0.29) is 17.2 Å². The summed E-state index contributed by atoms with van der Waals surface area (Å²) >= 11 is 0. The topological polar surface area (TPSA) is 79.6 Å². The Balaban J connectivity index is 1.65. The lowest BCUT2D eigenvalue weighted by atomic mass is 10.1. The molecule has 7 heteroatoms. The van der Waals surface area contributed by atoms with Gasteiger partial charge in [0.25, 0.3) is 11.8 Å². The van der Waals surface area contributed by atoms with E-state index in [0.29, 0.717) is 17.0 Å². The van der Waals surface area contributed by atoms with Crippen molar-refractivity contribution in [2.45, 2.75) is 13.3 Å². The van der Waals surface area contributed by atoms with Gasteiger partial charge >= 0.3 is 6.03 Å². The van der Waals surface area contributed by atoms with Crippen molar-refractivity contribution in [2.24, 2.45) is 0 Å². The highest BCUT2D eigenvalue weighted by Crippen LogP contribution is 2.26. The number of halogens is 1. The number of nitrogens with zero attached hydrogens (tertiary/aromatic N) is 1. The molecule has 2 heterocycles. The van der Waals surface area contributed by atoms with Gasteiger partial charge in [0.1, 0.15) is 22.9 Å². The molecule has 1 aliphatic heterocycles. The Hall–Kier alpha value is -4.00. The van der Waals surface area contributed by atoms with Crippen LogP contribution in [0.15, 0.2) is 70.7 Å². The largest absolute Gasteiger partial charge is 0.457 e. The maximum Gasteiger partial charge on any atom is 0.335 e. The van der Waals surface area contributed by atoms with Gasteiger partial charge < -0.3 is 4.42 Å². The van der Waals surface area contributed by atoms with E-state index >= 15 is 0 Å². The van der Waals surface area contributed by atoms with Crippen molar-refractivity contribution in [3.63, 3.8) is 0 Å². The number of amides is 4.